The molecule has 2 saturated heterocycles. The van der Waals surface area contributed by atoms with Crippen molar-refractivity contribution in [3.8, 4) is 17.1 Å². The Hall–Kier alpha value is -3.62. The Morgan fingerprint density at radius 3 is 2.47 bits per heavy atom. The van der Waals surface area contributed by atoms with Gasteiger partial charge in [-0.25, -0.2) is 9.97 Å². The molecule has 3 aromatic rings. The van der Waals surface area contributed by atoms with E-state index in [0.717, 1.165) is 54.2 Å². The molecule has 2 fully saturated rings. The van der Waals surface area contributed by atoms with E-state index in [-0.39, 0.29) is 29.8 Å². The van der Waals surface area contributed by atoms with Crippen LogP contribution in [0.4, 0.5) is 5.69 Å². The normalized spacial score (nSPS) is 19.1. The molecule has 0 spiro atoms. The summed E-state index contributed by atoms with van der Waals surface area (Å²) >= 11 is 0. The quantitative estimate of drug-likeness (QED) is 0.571. The first-order chi connectivity index (χ1) is 17.3. The maximum atomic E-state index is 12.3. The van der Waals surface area contributed by atoms with E-state index in [9.17, 15) is 9.59 Å². The number of nitrogens with one attached hydrogen (secondary N) is 1. The lowest BCUT2D eigenvalue weighted by Gasteiger charge is -2.37. The van der Waals surface area contributed by atoms with Crippen molar-refractivity contribution in [2.45, 2.75) is 33.3 Å². The molecule has 1 N–H and O–H groups in total. The van der Waals surface area contributed by atoms with E-state index in [2.05, 4.69) is 39.5 Å². The molecule has 2 aromatic heterocycles. The summed E-state index contributed by atoms with van der Waals surface area (Å²) in [5, 5.41) is 2.88. The predicted molar refractivity (Wildman–Crippen MR) is 139 cm³/mol. The molecule has 2 amide bonds. The third-order valence-electron chi connectivity index (χ3n) is 7.25. The zero-order valence-corrected chi connectivity index (χ0v) is 21.4. The van der Waals surface area contributed by atoms with Crippen LogP contribution in [0.5, 0.6) is 5.88 Å². The predicted octanol–water partition coefficient (Wildman–Crippen LogP) is 2.84. The monoisotopic (exact) mass is 490 g/mol. The molecule has 2 atom stereocenters. The molecule has 5 rings (SSSR count). The van der Waals surface area contributed by atoms with Crippen LogP contribution in [0.25, 0.3) is 22.3 Å². The van der Waals surface area contributed by atoms with Crippen LogP contribution in [-0.4, -0.2) is 70.1 Å². The number of rotatable bonds is 6. The van der Waals surface area contributed by atoms with E-state index in [4.69, 9.17) is 9.72 Å². The number of hydrogen-bond acceptors (Lipinski definition) is 6. The maximum absolute atomic E-state index is 12.3. The molecule has 0 aliphatic carbocycles. The lowest BCUT2D eigenvalue weighted by molar-refractivity contribution is -0.134. The summed E-state index contributed by atoms with van der Waals surface area (Å²) in [6, 6.07) is 10.4. The number of benzene rings is 1. The van der Waals surface area contributed by atoms with Gasteiger partial charge >= 0.3 is 0 Å². The first kappa shape index (κ1) is 24.1. The van der Waals surface area contributed by atoms with Crippen molar-refractivity contribution < 1.29 is 14.3 Å². The highest BCUT2D eigenvalue weighted by atomic mass is 16.5. The number of piperazine rings is 1. The summed E-state index contributed by atoms with van der Waals surface area (Å²) in [4.78, 5) is 37.7. The lowest BCUT2D eigenvalue weighted by atomic mass is 10.0. The van der Waals surface area contributed by atoms with Crippen molar-refractivity contribution in [1.82, 2.24) is 24.8 Å². The smallest absolute Gasteiger partial charge is 0.241 e. The van der Waals surface area contributed by atoms with Gasteiger partial charge in [-0.05, 0) is 25.1 Å². The number of nitrogens with zero attached hydrogens (tertiary/aromatic N) is 5. The number of anilines is 1. The zero-order chi connectivity index (χ0) is 25.4. The molecule has 0 saturated carbocycles. The minimum absolute atomic E-state index is 0.0361. The van der Waals surface area contributed by atoms with Gasteiger partial charge < -0.3 is 24.4 Å². The van der Waals surface area contributed by atoms with Crippen LogP contribution in [0.2, 0.25) is 0 Å². The van der Waals surface area contributed by atoms with Gasteiger partial charge in [-0.1, -0.05) is 26.0 Å². The van der Waals surface area contributed by atoms with Crippen LogP contribution in [0, 0.1) is 11.8 Å². The Bertz CT molecular complexity index is 1260. The average Bonchev–Trinajstić information content (AvgIpc) is 3.49. The molecule has 36 heavy (non-hydrogen) atoms. The molecule has 9 nitrogen and oxygen atoms in total. The van der Waals surface area contributed by atoms with Gasteiger partial charge in [0.2, 0.25) is 17.7 Å². The van der Waals surface area contributed by atoms with Crippen molar-refractivity contribution in [3.63, 3.8) is 0 Å². The summed E-state index contributed by atoms with van der Waals surface area (Å²) in [5.74, 6) is 0.972. The minimum atomic E-state index is -0.159. The maximum Gasteiger partial charge on any atom is 0.241 e. The van der Waals surface area contributed by atoms with E-state index in [1.807, 2.05) is 43.4 Å². The Kier molecular flexibility index (Phi) is 6.55. The van der Waals surface area contributed by atoms with Crippen molar-refractivity contribution >= 4 is 28.5 Å². The number of fused-ring (bicyclic) bond motifs is 1. The van der Waals surface area contributed by atoms with Crippen molar-refractivity contribution in [2.24, 2.45) is 18.9 Å². The van der Waals surface area contributed by atoms with E-state index < -0.39 is 0 Å². The third kappa shape index (κ3) is 4.74. The van der Waals surface area contributed by atoms with Gasteiger partial charge in [-0.2, -0.15) is 0 Å². The molecular weight excluding hydrogens is 456 g/mol. The summed E-state index contributed by atoms with van der Waals surface area (Å²) in [7, 11) is 1.93. The Morgan fingerprint density at radius 1 is 1.11 bits per heavy atom. The number of amides is 2. The van der Waals surface area contributed by atoms with Crippen LogP contribution in [0.15, 0.2) is 36.7 Å². The summed E-state index contributed by atoms with van der Waals surface area (Å²) in [6.45, 7) is 9.66. The molecule has 1 unspecified atom stereocenters. The van der Waals surface area contributed by atoms with Gasteiger partial charge in [-0.3, -0.25) is 9.59 Å². The van der Waals surface area contributed by atoms with E-state index in [1.165, 1.54) is 0 Å². The number of imidazole rings is 1. The Balaban J connectivity index is 1.34. The lowest BCUT2D eigenvalue weighted by Crippen LogP contribution is -2.49. The first-order valence-corrected chi connectivity index (χ1v) is 12.7. The number of pyridine rings is 1. The summed E-state index contributed by atoms with van der Waals surface area (Å²) in [5.41, 5.74) is 4.57. The van der Waals surface area contributed by atoms with Gasteiger partial charge in [0.25, 0.3) is 0 Å². The standard InChI is InChI=1S/C27H34N6O3/c1-17(2)27(35)33-11-9-32(10-12-33)21-7-5-19(6-8-21)22-14-23-25(31(4)16-29-23)26(30-22)36-18(3)20-13-24(34)28-15-20/h5-8,14,16-18,20H,9-13,15H2,1-4H3,(H,28,34)/t18-,20?/m1/s1. The molecule has 0 radical (unpaired) electrons. The highest BCUT2D eigenvalue weighted by molar-refractivity contribution is 5.85. The fourth-order valence-electron chi connectivity index (χ4n) is 4.99. The SMILES string of the molecule is CC(C)C(=O)N1CCN(c2ccc(-c3cc4ncn(C)c4c(O[C@H](C)C4CNC(=O)C4)n3)cc2)CC1. The third-order valence-corrected chi connectivity index (χ3v) is 7.25. The number of ether oxygens (including phenoxy) is 1. The fraction of sp³-hybridized carbons (Fsp3) is 0.481. The van der Waals surface area contributed by atoms with Gasteiger partial charge in [0.05, 0.1) is 17.5 Å². The van der Waals surface area contributed by atoms with Crippen LogP contribution in [0.3, 0.4) is 0 Å². The largest absolute Gasteiger partial charge is 0.473 e. The highest BCUT2D eigenvalue weighted by Crippen LogP contribution is 2.31. The van der Waals surface area contributed by atoms with Gasteiger partial charge in [0.15, 0.2) is 0 Å². The molecule has 2 aliphatic heterocycles. The van der Waals surface area contributed by atoms with Crippen LogP contribution < -0.4 is 15.0 Å². The molecular formula is C27H34N6O3. The zero-order valence-electron chi connectivity index (χ0n) is 21.4. The number of aryl methyl sites for hydroxylation is 1. The van der Waals surface area contributed by atoms with E-state index in [0.29, 0.717) is 18.8 Å². The molecule has 2 aliphatic rings. The van der Waals surface area contributed by atoms with E-state index >= 15 is 0 Å². The first-order valence-electron chi connectivity index (χ1n) is 12.7. The number of carbonyl (C=O) groups is 2. The van der Waals surface area contributed by atoms with Gasteiger partial charge in [-0.15, -0.1) is 0 Å². The topological polar surface area (TPSA) is 92.6 Å². The molecule has 0 bridgehead atoms. The average molecular weight is 491 g/mol. The summed E-state index contributed by atoms with van der Waals surface area (Å²) < 4.78 is 8.24. The minimum Gasteiger partial charge on any atom is -0.473 e. The second-order valence-electron chi connectivity index (χ2n) is 10.1. The van der Waals surface area contributed by atoms with Crippen LogP contribution >= 0.6 is 0 Å². The van der Waals surface area contributed by atoms with Gasteiger partial charge in [0, 0.05) is 69.3 Å². The number of hydrogen-bond donors (Lipinski definition) is 1. The molecule has 9 heteroatoms. The highest BCUT2D eigenvalue weighted by Gasteiger charge is 2.29. The summed E-state index contributed by atoms with van der Waals surface area (Å²) in [6.07, 6.45) is 2.08. The Morgan fingerprint density at radius 2 is 1.83 bits per heavy atom. The van der Waals surface area contributed by atoms with Crippen LogP contribution in [0.1, 0.15) is 27.2 Å². The molecule has 1 aromatic carbocycles. The van der Waals surface area contributed by atoms with Crippen molar-refractivity contribution in [1.29, 1.82) is 0 Å². The fourth-order valence-corrected chi connectivity index (χ4v) is 4.99. The molecule has 4 heterocycles. The number of aromatic nitrogens is 3. The Labute approximate surface area is 211 Å². The second kappa shape index (κ2) is 9.79. The second-order valence-corrected chi connectivity index (χ2v) is 10.1. The van der Waals surface area contributed by atoms with Crippen LogP contribution in [-0.2, 0) is 16.6 Å². The van der Waals surface area contributed by atoms with Crippen molar-refractivity contribution in [2.75, 3.05) is 37.6 Å². The molecule has 190 valence electrons. The number of carbonyl (C=O) groups excluding carboxylic acids is 2. The van der Waals surface area contributed by atoms with E-state index in [1.54, 1.807) is 6.33 Å². The van der Waals surface area contributed by atoms with Gasteiger partial charge in [0.1, 0.15) is 11.6 Å². The van der Waals surface area contributed by atoms with Crippen molar-refractivity contribution in [3.05, 3.63) is 36.7 Å².